The molecule has 2 heterocycles. The number of ether oxygens (including phenoxy) is 1. The van der Waals surface area contributed by atoms with Crippen molar-refractivity contribution >= 4 is 31.9 Å². The van der Waals surface area contributed by atoms with Gasteiger partial charge in [-0.3, -0.25) is 4.79 Å². The molecule has 0 atom stereocenters. The van der Waals surface area contributed by atoms with Crippen LogP contribution in [-0.4, -0.2) is 67.0 Å². The second kappa shape index (κ2) is 9.17. The molecular weight excluding hydrogens is 472 g/mol. The highest BCUT2D eigenvalue weighted by atomic mass is 79.9. The fourth-order valence-electron chi connectivity index (χ4n) is 3.93. The Labute approximate surface area is 184 Å². The number of halogens is 1. The third-order valence-corrected chi connectivity index (χ3v) is 7.82. The molecule has 4 rings (SSSR count). The van der Waals surface area contributed by atoms with Crippen molar-refractivity contribution in [3.63, 3.8) is 0 Å². The third kappa shape index (κ3) is 4.61. The van der Waals surface area contributed by atoms with Crippen LogP contribution in [0.2, 0.25) is 0 Å². The lowest BCUT2D eigenvalue weighted by molar-refractivity contribution is 0.0730. The summed E-state index contributed by atoms with van der Waals surface area (Å²) >= 11 is 3.49. The maximum atomic E-state index is 12.9. The quantitative estimate of drug-likeness (QED) is 0.658. The minimum atomic E-state index is -3.41. The van der Waals surface area contributed by atoms with Crippen LogP contribution in [0.5, 0.6) is 0 Å². The molecule has 0 saturated carbocycles. The Hall–Kier alpha value is -1.75. The molecule has 1 saturated heterocycles. The molecule has 1 amide bonds. The van der Waals surface area contributed by atoms with Gasteiger partial charge in [0.05, 0.1) is 24.7 Å². The summed E-state index contributed by atoms with van der Waals surface area (Å²) in [4.78, 5) is 12.9. The molecule has 162 valence electrons. The minimum Gasteiger partial charge on any atom is -0.379 e. The summed E-state index contributed by atoms with van der Waals surface area (Å²) in [6.45, 7) is 1.59. The summed E-state index contributed by atoms with van der Waals surface area (Å²) in [6.07, 6.45) is 3.75. The molecule has 30 heavy (non-hydrogen) atoms. The number of sulfonamides is 1. The van der Waals surface area contributed by atoms with Gasteiger partial charge >= 0.3 is 0 Å². The molecule has 1 N–H and O–H groups in total. The number of carbonyl (C=O) groups is 1. The zero-order valence-electron chi connectivity index (χ0n) is 16.6. The number of carbonyl (C=O) groups excluding carboxylic acids is 1. The molecule has 2 aromatic rings. The first kappa shape index (κ1) is 21.5. The highest BCUT2D eigenvalue weighted by molar-refractivity contribution is 9.10. The standard InChI is InChI=1S/C20H25BrN4O4S/c21-15-4-3-5-16(14-15)25-18-7-2-1-6-17(18)19(23-25)20(26)22-8-13-30(27,28)24-9-11-29-12-10-24/h3-5,14H,1-2,6-13H2,(H,22,26). The van der Waals surface area contributed by atoms with Crippen LogP contribution in [0.15, 0.2) is 28.7 Å². The van der Waals surface area contributed by atoms with Gasteiger partial charge in [-0.25, -0.2) is 13.1 Å². The Kier molecular flexibility index (Phi) is 6.57. The van der Waals surface area contributed by atoms with Crippen molar-refractivity contribution < 1.29 is 17.9 Å². The van der Waals surface area contributed by atoms with Crippen LogP contribution < -0.4 is 5.32 Å². The number of aromatic nitrogens is 2. The number of rotatable bonds is 6. The zero-order chi connectivity index (χ0) is 21.1. The lowest BCUT2D eigenvalue weighted by Gasteiger charge is -2.26. The summed E-state index contributed by atoms with van der Waals surface area (Å²) in [5, 5.41) is 7.37. The van der Waals surface area contributed by atoms with E-state index in [9.17, 15) is 13.2 Å². The second-order valence-electron chi connectivity index (χ2n) is 7.46. The molecular formula is C20H25BrN4O4S. The van der Waals surface area contributed by atoms with Crippen LogP contribution in [-0.2, 0) is 27.6 Å². The number of morpholine rings is 1. The molecule has 0 spiro atoms. The van der Waals surface area contributed by atoms with Gasteiger partial charge in [0.2, 0.25) is 10.0 Å². The summed E-state index contributed by atoms with van der Waals surface area (Å²) in [5.41, 5.74) is 3.32. The van der Waals surface area contributed by atoms with Gasteiger partial charge < -0.3 is 10.1 Å². The predicted octanol–water partition coefficient (Wildman–Crippen LogP) is 1.91. The fraction of sp³-hybridized carbons (Fsp3) is 0.500. The summed E-state index contributed by atoms with van der Waals surface area (Å²) in [5.74, 6) is -0.452. The Morgan fingerprint density at radius 2 is 1.97 bits per heavy atom. The molecule has 0 unspecified atom stereocenters. The number of fused-ring (bicyclic) bond motifs is 1. The van der Waals surface area contributed by atoms with Crippen LogP contribution in [0, 0.1) is 0 Å². The topological polar surface area (TPSA) is 93.5 Å². The van der Waals surface area contributed by atoms with Gasteiger partial charge in [0.1, 0.15) is 0 Å². The molecule has 1 aliphatic carbocycles. The zero-order valence-corrected chi connectivity index (χ0v) is 19.0. The van der Waals surface area contributed by atoms with Gasteiger partial charge in [-0.1, -0.05) is 22.0 Å². The Morgan fingerprint density at radius 1 is 1.20 bits per heavy atom. The largest absolute Gasteiger partial charge is 0.379 e. The van der Waals surface area contributed by atoms with Crippen LogP contribution in [0.4, 0.5) is 0 Å². The van der Waals surface area contributed by atoms with Crippen molar-refractivity contribution in [2.24, 2.45) is 0 Å². The number of nitrogens with zero attached hydrogens (tertiary/aromatic N) is 3. The Morgan fingerprint density at radius 3 is 2.73 bits per heavy atom. The number of nitrogens with one attached hydrogen (secondary N) is 1. The van der Waals surface area contributed by atoms with Crippen molar-refractivity contribution in [3.05, 3.63) is 45.7 Å². The monoisotopic (exact) mass is 496 g/mol. The van der Waals surface area contributed by atoms with Gasteiger partial charge in [0.15, 0.2) is 5.69 Å². The summed E-state index contributed by atoms with van der Waals surface area (Å²) < 4.78 is 34.3. The lowest BCUT2D eigenvalue weighted by Crippen LogP contribution is -2.43. The molecule has 1 aromatic carbocycles. The van der Waals surface area contributed by atoms with Crippen molar-refractivity contribution in [3.8, 4) is 5.69 Å². The van der Waals surface area contributed by atoms with Gasteiger partial charge in [-0.15, -0.1) is 0 Å². The SMILES string of the molecule is O=C(NCCS(=O)(=O)N1CCOCC1)c1nn(-c2cccc(Br)c2)c2c1CCCC2. The first-order valence-corrected chi connectivity index (χ1v) is 12.6. The first-order chi connectivity index (χ1) is 14.5. The number of hydrogen-bond donors (Lipinski definition) is 1. The number of hydrogen-bond acceptors (Lipinski definition) is 5. The average molecular weight is 497 g/mol. The van der Waals surface area contributed by atoms with Crippen molar-refractivity contribution in [2.75, 3.05) is 38.6 Å². The van der Waals surface area contributed by atoms with Crippen LogP contribution >= 0.6 is 15.9 Å². The fourth-order valence-corrected chi connectivity index (χ4v) is 5.64. The van der Waals surface area contributed by atoms with Crippen molar-refractivity contribution in [1.82, 2.24) is 19.4 Å². The van der Waals surface area contributed by atoms with E-state index in [1.54, 1.807) is 0 Å². The first-order valence-electron chi connectivity index (χ1n) is 10.2. The molecule has 1 fully saturated rings. The van der Waals surface area contributed by atoms with E-state index in [2.05, 4.69) is 26.3 Å². The van der Waals surface area contributed by atoms with Crippen molar-refractivity contribution in [2.45, 2.75) is 25.7 Å². The second-order valence-corrected chi connectivity index (χ2v) is 10.5. The predicted molar refractivity (Wildman–Crippen MR) is 116 cm³/mol. The van der Waals surface area contributed by atoms with E-state index in [1.807, 2.05) is 28.9 Å². The molecule has 8 nitrogen and oxygen atoms in total. The van der Waals surface area contributed by atoms with Gasteiger partial charge in [0.25, 0.3) is 5.91 Å². The highest BCUT2D eigenvalue weighted by Crippen LogP contribution is 2.28. The van der Waals surface area contributed by atoms with E-state index in [-0.39, 0.29) is 18.2 Å². The lowest BCUT2D eigenvalue weighted by atomic mass is 9.95. The summed E-state index contributed by atoms with van der Waals surface area (Å²) in [7, 11) is -3.41. The number of amides is 1. The van der Waals surface area contributed by atoms with Crippen LogP contribution in [0.1, 0.15) is 34.6 Å². The Bertz CT molecular complexity index is 1030. The van der Waals surface area contributed by atoms with E-state index >= 15 is 0 Å². The van der Waals surface area contributed by atoms with E-state index < -0.39 is 10.0 Å². The van der Waals surface area contributed by atoms with Crippen molar-refractivity contribution in [1.29, 1.82) is 0 Å². The Balaban J connectivity index is 1.49. The third-order valence-electron chi connectivity index (χ3n) is 5.46. The number of benzene rings is 1. The van der Waals surface area contributed by atoms with Gasteiger partial charge in [-0.2, -0.15) is 9.40 Å². The van der Waals surface area contributed by atoms with Gasteiger partial charge in [-0.05, 0) is 43.9 Å². The van der Waals surface area contributed by atoms with Crippen LogP contribution in [0.3, 0.4) is 0 Å². The summed E-state index contributed by atoms with van der Waals surface area (Å²) in [6, 6.07) is 7.82. The average Bonchev–Trinajstić information content (AvgIpc) is 3.14. The molecule has 2 aliphatic rings. The van der Waals surface area contributed by atoms with E-state index in [0.717, 1.165) is 47.1 Å². The molecule has 1 aliphatic heterocycles. The highest BCUT2D eigenvalue weighted by Gasteiger charge is 2.27. The molecule has 10 heteroatoms. The van der Waals surface area contributed by atoms with E-state index in [4.69, 9.17) is 4.74 Å². The van der Waals surface area contributed by atoms with Gasteiger partial charge in [0, 0.05) is 35.4 Å². The maximum Gasteiger partial charge on any atom is 0.272 e. The molecule has 0 bridgehead atoms. The minimum absolute atomic E-state index is 0.0526. The smallest absolute Gasteiger partial charge is 0.272 e. The molecule has 0 radical (unpaired) electrons. The maximum absolute atomic E-state index is 12.9. The normalized spacial score (nSPS) is 17.5. The van der Waals surface area contributed by atoms with E-state index in [1.165, 1.54) is 4.31 Å². The van der Waals surface area contributed by atoms with Crippen LogP contribution in [0.25, 0.3) is 5.69 Å². The van der Waals surface area contributed by atoms with E-state index in [0.29, 0.717) is 32.0 Å². The molecule has 1 aromatic heterocycles.